The van der Waals surface area contributed by atoms with Gasteiger partial charge >= 0.3 is 0 Å². The third-order valence-corrected chi connectivity index (χ3v) is 7.15. The van der Waals surface area contributed by atoms with Crippen LogP contribution < -0.4 is 5.32 Å². The monoisotopic (exact) mass is 376 g/mol. The molecule has 0 radical (unpaired) electrons. The maximum absolute atomic E-state index is 14.0. The Balaban J connectivity index is 1.53. The van der Waals surface area contributed by atoms with Gasteiger partial charge in [0.1, 0.15) is 21.5 Å². The van der Waals surface area contributed by atoms with Crippen molar-refractivity contribution < 1.29 is 13.6 Å². The molecule has 4 atom stereocenters. The number of aryl methyl sites for hydroxylation is 1. The van der Waals surface area contributed by atoms with Gasteiger partial charge in [-0.15, -0.1) is 11.3 Å². The number of aromatic nitrogens is 1. The van der Waals surface area contributed by atoms with Gasteiger partial charge in [-0.05, 0) is 63.0 Å². The summed E-state index contributed by atoms with van der Waals surface area (Å²) >= 11 is 1.05. The highest BCUT2D eigenvalue weighted by molar-refractivity contribution is 7.17. The van der Waals surface area contributed by atoms with Crippen molar-refractivity contribution in [3.63, 3.8) is 0 Å². The van der Waals surface area contributed by atoms with E-state index in [4.69, 9.17) is 0 Å². The average molecular weight is 376 g/mol. The zero-order chi connectivity index (χ0) is 18.4. The van der Waals surface area contributed by atoms with E-state index in [1.54, 1.807) is 6.92 Å². The second-order valence-corrected chi connectivity index (χ2v) is 8.63. The van der Waals surface area contributed by atoms with E-state index in [0.717, 1.165) is 23.2 Å². The van der Waals surface area contributed by atoms with E-state index >= 15 is 0 Å². The highest BCUT2D eigenvalue weighted by Crippen LogP contribution is 2.49. The molecule has 4 unspecified atom stereocenters. The molecule has 26 heavy (non-hydrogen) atoms. The number of fused-ring (bicyclic) bond motifs is 2. The number of carbonyl (C=O) groups excluding carboxylic acids is 1. The number of amides is 1. The van der Waals surface area contributed by atoms with Crippen LogP contribution in [0.3, 0.4) is 0 Å². The fourth-order valence-electron chi connectivity index (χ4n) is 4.70. The lowest BCUT2D eigenvalue weighted by molar-refractivity contribution is 0.0918. The van der Waals surface area contributed by atoms with Gasteiger partial charge in [-0.1, -0.05) is 12.5 Å². The molecule has 0 aliphatic heterocycles. The van der Waals surface area contributed by atoms with E-state index in [1.807, 2.05) is 0 Å². The highest BCUT2D eigenvalue weighted by Gasteiger charge is 2.42. The van der Waals surface area contributed by atoms with Gasteiger partial charge in [0, 0.05) is 6.04 Å². The van der Waals surface area contributed by atoms with Gasteiger partial charge < -0.3 is 5.32 Å². The van der Waals surface area contributed by atoms with Gasteiger partial charge in [0.25, 0.3) is 5.91 Å². The Morgan fingerprint density at radius 1 is 1.27 bits per heavy atom. The molecule has 1 heterocycles. The molecule has 2 fully saturated rings. The van der Waals surface area contributed by atoms with Crippen LogP contribution in [0.5, 0.6) is 0 Å². The molecule has 6 heteroatoms. The summed E-state index contributed by atoms with van der Waals surface area (Å²) in [5.41, 5.74) is 0.339. The predicted octanol–water partition coefficient (Wildman–Crippen LogP) is 4.95. The SMILES string of the molecule is Cc1nc(-c2c(F)cccc2F)sc1C(=O)NC(C)C1CC2CCC1C2. The molecule has 2 aromatic rings. The minimum absolute atomic E-state index is 0.105. The zero-order valence-electron chi connectivity index (χ0n) is 14.9. The summed E-state index contributed by atoms with van der Waals surface area (Å²) in [6.07, 6.45) is 5.08. The Morgan fingerprint density at radius 3 is 2.62 bits per heavy atom. The quantitative estimate of drug-likeness (QED) is 0.820. The fourth-order valence-corrected chi connectivity index (χ4v) is 5.72. The molecule has 1 N–H and O–H groups in total. The summed E-state index contributed by atoms with van der Waals surface area (Å²) in [5.74, 6) is 0.556. The number of nitrogens with zero attached hydrogens (tertiary/aromatic N) is 1. The van der Waals surface area contributed by atoms with Gasteiger partial charge in [-0.2, -0.15) is 0 Å². The van der Waals surface area contributed by atoms with E-state index in [-0.39, 0.29) is 22.5 Å². The Bertz CT molecular complexity index is 830. The van der Waals surface area contributed by atoms with Crippen LogP contribution >= 0.6 is 11.3 Å². The Kier molecular flexibility index (Phi) is 4.55. The normalized spacial score (nSPS) is 25.5. The van der Waals surface area contributed by atoms with E-state index in [1.165, 1.54) is 43.9 Å². The van der Waals surface area contributed by atoms with Gasteiger partial charge in [0.15, 0.2) is 0 Å². The number of benzene rings is 1. The van der Waals surface area contributed by atoms with E-state index in [2.05, 4.69) is 17.2 Å². The van der Waals surface area contributed by atoms with Gasteiger partial charge in [-0.3, -0.25) is 4.79 Å². The molecule has 2 bridgehead atoms. The second-order valence-electron chi connectivity index (χ2n) is 7.63. The topological polar surface area (TPSA) is 42.0 Å². The molecular formula is C20H22F2N2OS. The van der Waals surface area contributed by atoms with E-state index < -0.39 is 11.6 Å². The van der Waals surface area contributed by atoms with Crippen molar-refractivity contribution in [1.82, 2.24) is 10.3 Å². The molecule has 1 amide bonds. The number of rotatable bonds is 4. The van der Waals surface area contributed by atoms with Crippen LogP contribution in [0.1, 0.15) is 48.0 Å². The van der Waals surface area contributed by atoms with Crippen LogP contribution in [-0.4, -0.2) is 16.9 Å². The van der Waals surface area contributed by atoms with Crippen LogP contribution in [0.25, 0.3) is 10.6 Å². The first-order valence-electron chi connectivity index (χ1n) is 9.16. The van der Waals surface area contributed by atoms with E-state index in [0.29, 0.717) is 16.5 Å². The van der Waals surface area contributed by atoms with Crippen molar-refractivity contribution in [2.45, 2.75) is 45.6 Å². The molecule has 138 valence electrons. The molecule has 0 saturated heterocycles. The first-order chi connectivity index (χ1) is 12.4. The number of halogens is 2. The van der Waals surface area contributed by atoms with Crippen molar-refractivity contribution in [2.24, 2.45) is 17.8 Å². The lowest BCUT2D eigenvalue weighted by Gasteiger charge is -2.28. The summed E-state index contributed by atoms with van der Waals surface area (Å²) in [4.78, 5) is 17.4. The number of hydrogen-bond acceptors (Lipinski definition) is 3. The Labute approximate surface area is 155 Å². The number of hydrogen-bond donors (Lipinski definition) is 1. The third-order valence-electron chi connectivity index (χ3n) is 5.97. The van der Waals surface area contributed by atoms with Crippen molar-refractivity contribution >= 4 is 17.2 Å². The molecule has 1 aromatic heterocycles. The number of carbonyl (C=O) groups is 1. The molecule has 2 aliphatic carbocycles. The van der Waals surface area contributed by atoms with Crippen LogP contribution in [0.15, 0.2) is 18.2 Å². The summed E-state index contributed by atoms with van der Waals surface area (Å²) in [7, 11) is 0. The molecular weight excluding hydrogens is 354 g/mol. The molecule has 0 spiro atoms. The van der Waals surface area contributed by atoms with Crippen molar-refractivity contribution in [2.75, 3.05) is 0 Å². The molecule has 4 rings (SSSR count). The maximum Gasteiger partial charge on any atom is 0.263 e. The number of thiazole rings is 1. The molecule has 2 aliphatic rings. The lowest BCUT2D eigenvalue weighted by Crippen LogP contribution is -2.40. The van der Waals surface area contributed by atoms with Crippen LogP contribution in [-0.2, 0) is 0 Å². The lowest BCUT2D eigenvalue weighted by atomic mass is 9.84. The summed E-state index contributed by atoms with van der Waals surface area (Å²) in [5, 5.41) is 3.31. The Morgan fingerprint density at radius 2 is 2.00 bits per heavy atom. The Hall–Kier alpha value is -1.82. The fraction of sp³-hybridized carbons (Fsp3) is 0.500. The van der Waals surface area contributed by atoms with E-state index in [9.17, 15) is 13.6 Å². The first kappa shape index (κ1) is 17.6. The van der Waals surface area contributed by atoms with Gasteiger partial charge in [0.05, 0.1) is 11.3 Å². The van der Waals surface area contributed by atoms with Crippen molar-refractivity contribution in [3.05, 3.63) is 40.4 Å². The highest BCUT2D eigenvalue weighted by atomic mass is 32.1. The second kappa shape index (κ2) is 6.72. The molecule has 3 nitrogen and oxygen atoms in total. The third kappa shape index (κ3) is 3.04. The zero-order valence-corrected chi connectivity index (χ0v) is 15.7. The average Bonchev–Trinajstić information content (AvgIpc) is 3.30. The van der Waals surface area contributed by atoms with Gasteiger partial charge in [-0.25, -0.2) is 13.8 Å². The van der Waals surface area contributed by atoms with Crippen LogP contribution in [0, 0.1) is 36.3 Å². The van der Waals surface area contributed by atoms with Crippen LogP contribution in [0.4, 0.5) is 8.78 Å². The molecule has 2 saturated carbocycles. The first-order valence-corrected chi connectivity index (χ1v) is 9.98. The smallest absolute Gasteiger partial charge is 0.263 e. The minimum atomic E-state index is -0.666. The maximum atomic E-state index is 14.0. The molecule has 1 aromatic carbocycles. The van der Waals surface area contributed by atoms with Crippen LogP contribution in [0.2, 0.25) is 0 Å². The summed E-state index contributed by atoms with van der Waals surface area (Å²) < 4.78 is 28.0. The summed E-state index contributed by atoms with van der Waals surface area (Å²) in [6, 6.07) is 3.82. The number of nitrogens with one attached hydrogen (secondary N) is 1. The van der Waals surface area contributed by atoms with Gasteiger partial charge in [0.2, 0.25) is 0 Å². The largest absolute Gasteiger partial charge is 0.349 e. The summed E-state index contributed by atoms with van der Waals surface area (Å²) in [6.45, 7) is 3.77. The minimum Gasteiger partial charge on any atom is -0.349 e. The predicted molar refractivity (Wildman–Crippen MR) is 98.1 cm³/mol. The standard InChI is InChI=1S/C20H22F2N2OS/c1-10(14-9-12-6-7-13(14)8-12)23-19(25)18-11(2)24-20(26-18)17-15(21)4-3-5-16(17)22/h3-5,10,12-14H,6-9H2,1-2H3,(H,23,25). The van der Waals surface area contributed by atoms with Crippen molar-refractivity contribution in [3.8, 4) is 10.6 Å². The van der Waals surface area contributed by atoms with Crippen molar-refractivity contribution in [1.29, 1.82) is 0 Å².